The standard InChI is InChI=1S/C22H28N4O/c1-13(2)18(12-27)23-20-10-21(25-22(24-20)14-7-8-14)26-11-15-9-19(26)17-6-4-3-5-16(15)17/h3-6,10,13-15,18-19,27H,7-9,11-12H2,1-2H3,(H,23,24,25)/t15-,18-,19+/m1/s1. The van der Waals surface area contributed by atoms with Crippen LogP contribution in [0.25, 0.3) is 0 Å². The van der Waals surface area contributed by atoms with Gasteiger partial charge in [0, 0.05) is 24.4 Å². The Bertz CT molecular complexity index is 848. The van der Waals surface area contributed by atoms with Crippen LogP contribution in [0.3, 0.4) is 0 Å². The third-order valence-corrected chi connectivity index (χ3v) is 6.40. The zero-order valence-corrected chi connectivity index (χ0v) is 16.1. The van der Waals surface area contributed by atoms with Gasteiger partial charge in [0.2, 0.25) is 0 Å². The second kappa shape index (κ2) is 6.48. The lowest BCUT2D eigenvalue weighted by Gasteiger charge is -2.31. The van der Waals surface area contributed by atoms with E-state index in [2.05, 4.69) is 54.4 Å². The lowest BCUT2D eigenvalue weighted by atomic mass is 9.99. The van der Waals surface area contributed by atoms with Gasteiger partial charge in [0.1, 0.15) is 17.5 Å². The minimum absolute atomic E-state index is 0.00978. The van der Waals surface area contributed by atoms with E-state index in [4.69, 9.17) is 9.97 Å². The van der Waals surface area contributed by atoms with Crippen LogP contribution >= 0.6 is 0 Å². The molecular formula is C22H28N4O. The maximum atomic E-state index is 9.71. The molecule has 142 valence electrons. The molecule has 1 saturated heterocycles. The zero-order chi connectivity index (χ0) is 18.5. The maximum absolute atomic E-state index is 9.71. The van der Waals surface area contributed by atoms with Crippen LogP contribution in [0.15, 0.2) is 30.3 Å². The van der Waals surface area contributed by atoms with Gasteiger partial charge in [-0.15, -0.1) is 0 Å². The van der Waals surface area contributed by atoms with Gasteiger partial charge >= 0.3 is 0 Å². The summed E-state index contributed by atoms with van der Waals surface area (Å²) < 4.78 is 0. The van der Waals surface area contributed by atoms with E-state index in [1.807, 2.05) is 0 Å². The molecule has 5 rings (SSSR count). The minimum atomic E-state index is 0.00978. The van der Waals surface area contributed by atoms with Crippen molar-refractivity contribution in [2.45, 2.75) is 57.0 Å². The van der Waals surface area contributed by atoms with Gasteiger partial charge in [0.05, 0.1) is 18.7 Å². The average Bonchev–Trinajstić information content (AvgIpc) is 3.36. The van der Waals surface area contributed by atoms with E-state index in [9.17, 15) is 5.11 Å². The SMILES string of the molecule is CC(C)[C@@H](CO)Nc1cc(N2C[C@H]3C[C@H]2c2ccccc23)nc(C2CC2)n1. The van der Waals surface area contributed by atoms with Crippen molar-refractivity contribution in [3.05, 3.63) is 47.3 Å². The molecule has 2 bridgehead atoms. The number of anilines is 2. The lowest BCUT2D eigenvalue weighted by molar-refractivity contribution is 0.249. The van der Waals surface area contributed by atoms with E-state index in [1.165, 1.54) is 30.4 Å². The van der Waals surface area contributed by atoms with E-state index in [1.54, 1.807) is 0 Å². The molecule has 1 aromatic heterocycles. The van der Waals surface area contributed by atoms with Crippen LogP contribution in [0.4, 0.5) is 11.6 Å². The van der Waals surface area contributed by atoms with Gasteiger partial charge in [-0.1, -0.05) is 38.1 Å². The normalized spacial score (nSPS) is 24.4. The summed E-state index contributed by atoms with van der Waals surface area (Å²) in [5, 5.41) is 13.2. The molecule has 2 fully saturated rings. The number of rotatable bonds is 6. The number of aliphatic hydroxyl groups is 1. The number of benzene rings is 1. The van der Waals surface area contributed by atoms with Crippen LogP contribution in [-0.2, 0) is 0 Å². The van der Waals surface area contributed by atoms with Gasteiger partial charge in [0.25, 0.3) is 0 Å². The molecule has 1 aromatic carbocycles. The summed E-state index contributed by atoms with van der Waals surface area (Å²) in [7, 11) is 0. The average molecular weight is 364 g/mol. The number of aliphatic hydroxyl groups excluding tert-OH is 1. The molecule has 1 aliphatic heterocycles. The summed E-state index contributed by atoms with van der Waals surface area (Å²) in [5.41, 5.74) is 2.99. The van der Waals surface area contributed by atoms with Crippen molar-refractivity contribution in [1.82, 2.24) is 9.97 Å². The molecule has 1 saturated carbocycles. The number of fused-ring (bicyclic) bond motifs is 5. The molecule has 0 unspecified atom stereocenters. The van der Waals surface area contributed by atoms with E-state index in [0.717, 1.165) is 24.0 Å². The van der Waals surface area contributed by atoms with Crippen LogP contribution < -0.4 is 10.2 Å². The van der Waals surface area contributed by atoms with Crippen molar-refractivity contribution in [2.75, 3.05) is 23.4 Å². The largest absolute Gasteiger partial charge is 0.394 e. The summed E-state index contributed by atoms with van der Waals surface area (Å²) in [4.78, 5) is 12.2. The summed E-state index contributed by atoms with van der Waals surface area (Å²) in [6, 6.07) is 11.4. The van der Waals surface area contributed by atoms with Gasteiger partial charge in [-0.3, -0.25) is 0 Å². The van der Waals surface area contributed by atoms with Crippen molar-refractivity contribution in [1.29, 1.82) is 0 Å². The Labute approximate surface area is 160 Å². The molecule has 2 N–H and O–H groups in total. The Balaban J connectivity index is 1.48. The van der Waals surface area contributed by atoms with Crippen molar-refractivity contribution in [2.24, 2.45) is 5.92 Å². The number of nitrogens with one attached hydrogen (secondary N) is 1. The fourth-order valence-corrected chi connectivity index (χ4v) is 4.61. The molecule has 2 heterocycles. The van der Waals surface area contributed by atoms with Gasteiger partial charge in [-0.25, -0.2) is 9.97 Å². The smallest absolute Gasteiger partial charge is 0.136 e. The van der Waals surface area contributed by atoms with E-state index >= 15 is 0 Å². The molecule has 3 aliphatic rings. The summed E-state index contributed by atoms with van der Waals surface area (Å²) in [6.07, 6.45) is 3.56. The molecule has 5 heteroatoms. The Hall–Kier alpha value is -2.14. The van der Waals surface area contributed by atoms with Crippen LogP contribution in [0, 0.1) is 5.92 Å². The molecular weight excluding hydrogens is 336 g/mol. The molecule has 0 spiro atoms. The predicted octanol–water partition coefficient (Wildman–Crippen LogP) is 3.83. The molecule has 27 heavy (non-hydrogen) atoms. The highest BCUT2D eigenvalue weighted by Crippen LogP contribution is 2.51. The second-order valence-corrected chi connectivity index (χ2v) is 8.65. The van der Waals surface area contributed by atoms with Crippen molar-refractivity contribution >= 4 is 11.6 Å². The maximum Gasteiger partial charge on any atom is 0.136 e. The van der Waals surface area contributed by atoms with E-state index < -0.39 is 0 Å². The van der Waals surface area contributed by atoms with Crippen LogP contribution in [0.2, 0.25) is 0 Å². The first-order valence-electron chi connectivity index (χ1n) is 10.3. The van der Waals surface area contributed by atoms with Gasteiger partial charge in [-0.2, -0.15) is 0 Å². The first-order valence-corrected chi connectivity index (χ1v) is 10.3. The molecule has 2 aromatic rings. The van der Waals surface area contributed by atoms with E-state index in [-0.39, 0.29) is 12.6 Å². The predicted molar refractivity (Wildman–Crippen MR) is 107 cm³/mol. The highest BCUT2D eigenvalue weighted by molar-refractivity contribution is 5.57. The second-order valence-electron chi connectivity index (χ2n) is 8.65. The van der Waals surface area contributed by atoms with Gasteiger partial charge in [0.15, 0.2) is 0 Å². The highest BCUT2D eigenvalue weighted by Gasteiger charge is 2.43. The van der Waals surface area contributed by atoms with Gasteiger partial charge in [-0.05, 0) is 36.3 Å². The molecule has 0 amide bonds. The Morgan fingerprint density at radius 1 is 1.15 bits per heavy atom. The molecule has 2 aliphatic carbocycles. The first-order chi connectivity index (χ1) is 13.1. The lowest BCUT2D eigenvalue weighted by Crippen LogP contribution is -2.31. The summed E-state index contributed by atoms with van der Waals surface area (Å²) in [5.74, 6) is 4.31. The number of hydrogen-bond acceptors (Lipinski definition) is 5. The van der Waals surface area contributed by atoms with E-state index in [0.29, 0.717) is 23.8 Å². The monoisotopic (exact) mass is 364 g/mol. The zero-order valence-electron chi connectivity index (χ0n) is 16.1. The topological polar surface area (TPSA) is 61.3 Å². The molecule has 3 atom stereocenters. The molecule has 0 radical (unpaired) electrons. The van der Waals surface area contributed by atoms with Gasteiger partial charge < -0.3 is 15.3 Å². The molecule has 5 nitrogen and oxygen atoms in total. The third-order valence-electron chi connectivity index (χ3n) is 6.40. The van der Waals surface area contributed by atoms with Crippen LogP contribution in [0.5, 0.6) is 0 Å². The van der Waals surface area contributed by atoms with Crippen molar-refractivity contribution in [3.8, 4) is 0 Å². The first kappa shape index (κ1) is 17.0. The summed E-state index contributed by atoms with van der Waals surface area (Å²) in [6.45, 7) is 5.38. The number of hydrogen-bond donors (Lipinski definition) is 2. The van der Waals surface area contributed by atoms with Crippen molar-refractivity contribution in [3.63, 3.8) is 0 Å². The fourth-order valence-electron chi connectivity index (χ4n) is 4.61. The Kier molecular flexibility index (Phi) is 4.08. The Morgan fingerprint density at radius 2 is 1.93 bits per heavy atom. The number of aromatic nitrogens is 2. The quantitative estimate of drug-likeness (QED) is 0.816. The summed E-state index contributed by atoms with van der Waals surface area (Å²) >= 11 is 0. The minimum Gasteiger partial charge on any atom is -0.394 e. The van der Waals surface area contributed by atoms with Crippen LogP contribution in [0.1, 0.15) is 67.9 Å². The van der Waals surface area contributed by atoms with Crippen LogP contribution in [-0.4, -0.2) is 34.3 Å². The third kappa shape index (κ3) is 2.98. The highest BCUT2D eigenvalue weighted by atomic mass is 16.3. The van der Waals surface area contributed by atoms with Crippen molar-refractivity contribution < 1.29 is 5.11 Å². The number of nitrogens with zero attached hydrogens (tertiary/aromatic N) is 3. The Morgan fingerprint density at radius 3 is 2.63 bits per heavy atom. The fraction of sp³-hybridized carbons (Fsp3) is 0.545.